The van der Waals surface area contributed by atoms with Crippen molar-refractivity contribution in [1.29, 1.82) is 0 Å². The van der Waals surface area contributed by atoms with Gasteiger partial charge in [-0.1, -0.05) is 24.3 Å². The molecule has 78 valence electrons. The van der Waals surface area contributed by atoms with Gasteiger partial charge in [-0.3, -0.25) is 0 Å². The minimum absolute atomic E-state index is 0.293. The normalized spacial score (nSPS) is 26.1. The van der Waals surface area contributed by atoms with E-state index < -0.39 is 0 Å². The summed E-state index contributed by atoms with van der Waals surface area (Å²) < 4.78 is 5.37. The molecule has 1 aliphatic heterocycles. The van der Waals surface area contributed by atoms with Crippen LogP contribution in [0.4, 0.5) is 0 Å². The molecule has 0 bridgehead atoms. The van der Waals surface area contributed by atoms with Gasteiger partial charge in [-0.05, 0) is 24.0 Å². The summed E-state index contributed by atoms with van der Waals surface area (Å²) in [5.41, 5.74) is 2.80. The van der Waals surface area contributed by atoms with Gasteiger partial charge in [-0.2, -0.15) is 0 Å². The monoisotopic (exact) mass is 202 g/mol. The fraction of sp³-hybridized carbons (Fsp3) is 0.417. The lowest BCUT2D eigenvalue weighted by atomic mass is 10.1. The van der Waals surface area contributed by atoms with E-state index in [1.165, 1.54) is 11.1 Å². The van der Waals surface area contributed by atoms with Crippen molar-refractivity contribution in [3.05, 3.63) is 35.4 Å². The van der Waals surface area contributed by atoms with Gasteiger partial charge in [-0.15, -0.1) is 0 Å². The molecular weight excluding hydrogens is 188 g/mol. The number of aliphatic imine (C=N–C) groups is 1. The van der Waals surface area contributed by atoms with Crippen molar-refractivity contribution in [2.75, 3.05) is 13.2 Å². The zero-order chi connectivity index (χ0) is 10.1. The van der Waals surface area contributed by atoms with E-state index in [0.717, 1.165) is 32.0 Å². The highest BCUT2D eigenvalue weighted by atomic mass is 16.5. The van der Waals surface area contributed by atoms with Gasteiger partial charge in [-0.25, -0.2) is 4.99 Å². The van der Waals surface area contributed by atoms with Crippen molar-refractivity contribution in [3.8, 4) is 0 Å². The van der Waals surface area contributed by atoms with E-state index in [0.29, 0.717) is 6.04 Å². The first-order valence-corrected chi connectivity index (χ1v) is 5.46. The molecule has 0 aromatic heterocycles. The van der Waals surface area contributed by atoms with Gasteiger partial charge in [0.05, 0.1) is 12.6 Å². The van der Waals surface area contributed by atoms with Crippen LogP contribution in [-0.2, 0) is 11.2 Å². The summed E-state index contributed by atoms with van der Waals surface area (Å²) in [6, 6.07) is 9.56. The molecule has 1 fully saturated rings. The molecule has 3 nitrogen and oxygen atoms in total. The maximum atomic E-state index is 5.37. The van der Waals surface area contributed by atoms with Gasteiger partial charge in [0.1, 0.15) is 6.61 Å². The van der Waals surface area contributed by atoms with E-state index in [-0.39, 0.29) is 0 Å². The van der Waals surface area contributed by atoms with E-state index in [1.54, 1.807) is 0 Å². The summed E-state index contributed by atoms with van der Waals surface area (Å²) >= 11 is 0. The molecule has 1 heterocycles. The second-order valence-electron chi connectivity index (χ2n) is 3.96. The molecule has 1 atom stereocenters. The topological polar surface area (TPSA) is 33.6 Å². The number of hydrogen-bond acceptors (Lipinski definition) is 2. The Balaban J connectivity index is 1.87. The van der Waals surface area contributed by atoms with Gasteiger partial charge in [0, 0.05) is 0 Å². The van der Waals surface area contributed by atoms with Gasteiger partial charge in [0.15, 0.2) is 0 Å². The number of amidine groups is 1. The molecule has 2 aliphatic rings. The van der Waals surface area contributed by atoms with Crippen LogP contribution in [0.3, 0.4) is 0 Å². The van der Waals surface area contributed by atoms with Crippen molar-refractivity contribution in [2.24, 2.45) is 4.99 Å². The maximum Gasteiger partial charge on any atom is 0.285 e. The minimum Gasteiger partial charge on any atom is -0.463 e. The third kappa shape index (κ3) is 1.58. The van der Waals surface area contributed by atoms with Crippen LogP contribution in [0.5, 0.6) is 0 Å². The van der Waals surface area contributed by atoms with Crippen molar-refractivity contribution in [3.63, 3.8) is 0 Å². The summed E-state index contributed by atoms with van der Waals surface area (Å²) in [6.07, 6.45) is 2.24. The number of aryl methyl sites for hydroxylation is 1. The summed E-state index contributed by atoms with van der Waals surface area (Å²) in [6.45, 7) is 1.63. The van der Waals surface area contributed by atoms with Crippen LogP contribution in [0.1, 0.15) is 23.6 Å². The van der Waals surface area contributed by atoms with Gasteiger partial charge in [0.2, 0.25) is 0 Å². The number of nitrogens with zero attached hydrogens (tertiary/aromatic N) is 1. The Morgan fingerprint density at radius 1 is 1.33 bits per heavy atom. The number of rotatable bonds is 1. The molecule has 1 saturated heterocycles. The summed E-state index contributed by atoms with van der Waals surface area (Å²) in [4.78, 5) is 4.60. The van der Waals surface area contributed by atoms with E-state index >= 15 is 0 Å². The van der Waals surface area contributed by atoms with Gasteiger partial charge in [0.25, 0.3) is 6.02 Å². The first-order valence-electron chi connectivity index (χ1n) is 5.46. The summed E-state index contributed by atoms with van der Waals surface area (Å²) in [5.74, 6) is 0. The molecule has 0 radical (unpaired) electrons. The Kier molecular flexibility index (Phi) is 2.09. The third-order valence-corrected chi connectivity index (χ3v) is 2.99. The fourth-order valence-electron chi connectivity index (χ4n) is 2.25. The fourth-order valence-corrected chi connectivity index (χ4v) is 2.25. The summed E-state index contributed by atoms with van der Waals surface area (Å²) in [7, 11) is 0. The molecular formula is C12H14N2O. The second kappa shape index (κ2) is 3.57. The minimum atomic E-state index is 0.293. The Bertz CT molecular complexity index is 392. The standard InChI is InChI=1S/C12H14N2O/c1-2-4-10-9(3-1)5-6-11(10)14-12-13-7-8-15-12/h1-4,11H,5-8H2,(H,13,14). The Labute approximate surface area is 89.2 Å². The quantitative estimate of drug-likeness (QED) is 0.751. The van der Waals surface area contributed by atoms with E-state index in [2.05, 4.69) is 34.6 Å². The second-order valence-corrected chi connectivity index (χ2v) is 3.96. The zero-order valence-electron chi connectivity index (χ0n) is 8.57. The van der Waals surface area contributed by atoms with Crippen LogP contribution >= 0.6 is 0 Å². The third-order valence-electron chi connectivity index (χ3n) is 2.99. The van der Waals surface area contributed by atoms with E-state index in [1.807, 2.05) is 0 Å². The molecule has 3 rings (SSSR count). The van der Waals surface area contributed by atoms with Crippen LogP contribution in [0.2, 0.25) is 0 Å². The SMILES string of the molecule is c1ccc2c(c1)CCC2N=C1NCCO1. The molecule has 15 heavy (non-hydrogen) atoms. The lowest BCUT2D eigenvalue weighted by molar-refractivity contribution is 0.348. The number of ether oxygens (including phenoxy) is 1. The zero-order valence-corrected chi connectivity index (χ0v) is 8.57. The maximum absolute atomic E-state index is 5.37. The largest absolute Gasteiger partial charge is 0.463 e. The van der Waals surface area contributed by atoms with Crippen LogP contribution in [-0.4, -0.2) is 19.2 Å². The molecule has 1 N–H and O–H groups in total. The average Bonchev–Trinajstić information content (AvgIpc) is 2.89. The molecule has 1 aliphatic carbocycles. The first-order chi connectivity index (χ1) is 7.43. The number of benzene rings is 1. The lowest BCUT2D eigenvalue weighted by Gasteiger charge is -2.06. The number of hydrogen-bond donors (Lipinski definition) is 1. The Morgan fingerprint density at radius 2 is 2.27 bits per heavy atom. The van der Waals surface area contributed by atoms with Crippen molar-refractivity contribution in [1.82, 2.24) is 5.32 Å². The molecule has 1 unspecified atom stereocenters. The lowest BCUT2D eigenvalue weighted by Crippen LogP contribution is -2.16. The molecule has 0 spiro atoms. The first kappa shape index (κ1) is 8.77. The molecule has 1 aromatic rings. The van der Waals surface area contributed by atoms with E-state index in [9.17, 15) is 0 Å². The predicted molar refractivity (Wildman–Crippen MR) is 58.9 cm³/mol. The summed E-state index contributed by atoms with van der Waals surface area (Å²) in [5, 5.41) is 3.14. The average molecular weight is 202 g/mol. The molecule has 1 aromatic carbocycles. The van der Waals surface area contributed by atoms with Crippen LogP contribution in [0, 0.1) is 0 Å². The number of fused-ring (bicyclic) bond motifs is 1. The Morgan fingerprint density at radius 3 is 3.13 bits per heavy atom. The smallest absolute Gasteiger partial charge is 0.285 e. The van der Waals surface area contributed by atoms with Crippen molar-refractivity contribution >= 4 is 6.02 Å². The van der Waals surface area contributed by atoms with Crippen molar-refractivity contribution in [2.45, 2.75) is 18.9 Å². The number of nitrogens with one attached hydrogen (secondary N) is 1. The van der Waals surface area contributed by atoms with E-state index in [4.69, 9.17) is 4.74 Å². The van der Waals surface area contributed by atoms with Crippen LogP contribution in [0.25, 0.3) is 0 Å². The highest BCUT2D eigenvalue weighted by Gasteiger charge is 2.22. The van der Waals surface area contributed by atoms with Crippen molar-refractivity contribution < 1.29 is 4.74 Å². The highest BCUT2D eigenvalue weighted by molar-refractivity contribution is 5.75. The van der Waals surface area contributed by atoms with Gasteiger partial charge >= 0.3 is 0 Å². The van der Waals surface area contributed by atoms with Crippen LogP contribution in [0.15, 0.2) is 29.3 Å². The van der Waals surface area contributed by atoms with Crippen LogP contribution < -0.4 is 5.32 Å². The Hall–Kier alpha value is -1.51. The molecule has 3 heteroatoms. The predicted octanol–water partition coefficient (Wildman–Crippen LogP) is 1.65. The highest BCUT2D eigenvalue weighted by Crippen LogP contribution is 2.33. The van der Waals surface area contributed by atoms with Gasteiger partial charge < -0.3 is 10.1 Å². The molecule has 0 amide bonds. The molecule has 0 saturated carbocycles.